The van der Waals surface area contributed by atoms with E-state index in [1.807, 2.05) is 0 Å². The molecule has 0 unspecified atom stereocenters. The lowest BCUT2D eigenvalue weighted by Gasteiger charge is -2.24. The average molecular weight is 449 g/mol. The summed E-state index contributed by atoms with van der Waals surface area (Å²) >= 11 is 0. The van der Waals surface area contributed by atoms with Crippen molar-refractivity contribution in [1.29, 1.82) is 0 Å². The highest BCUT2D eigenvalue weighted by molar-refractivity contribution is 5.77. The molecule has 2 N–H and O–H groups in total. The zero-order valence-corrected chi connectivity index (χ0v) is 19.1. The molecule has 0 aliphatic carbocycles. The molecular weight excluding hydrogens is 420 g/mol. The Hall–Kier alpha value is -3.16. The van der Waals surface area contributed by atoms with Gasteiger partial charge in [-0.15, -0.1) is 0 Å². The lowest BCUT2D eigenvalue weighted by molar-refractivity contribution is -0.143. The van der Waals surface area contributed by atoms with Crippen LogP contribution in [0.5, 0.6) is 5.75 Å². The first kappa shape index (κ1) is 25.1. The Morgan fingerprint density at radius 1 is 1.09 bits per heavy atom. The lowest BCUT2D eigenvalue weighted by Crippen LogP contribution is -2.36. The largest absolute Gasteiger partial charge is 0.507 e. The summed E-state index contributed by atoms with van der Waals surface area (Å²) in [6.07, 6.45) is -1.16. The van der Waals surface area contributed by atoms with Gasteiger partial charge in [0.15, 0.2) is 0 Å². The maximum atomic E-state index is 15.2. The highest BCUT2D eigenvalue weighted by Crippen LogP contribution is 2.37. The van der Waals surface area contributed by atoms with E-state index < -0.39 is 35.3 Å². The highest BCUT2D eigenvalue weighted by Gasteiger charge is 2.27. The number of aryl methyl sites for hydroxylation is 2. The molecule has 0 aromatic heterocycles. The van der Waals surface area contributed by atoms with Gasteiger partial charge in [-0.25, -0.2) is 13.6 Å². The van der Waals surface area contributed by atoms with Crippen LogP contribution in [-0.2, 0) is 14.3 Å². The molecule has 32 heavy (non-hydrogen) atoms. The zero-order chi connectivity index (χ0) is 24.2. The van der Waals surface area contributed by atoms with Gasteiger partial charge in [-0.05, 0) is 76.4 Å². The molecule has 0 spiro atoms. The predicted molar refractivity (Wildman–Crippen MR) is 116 cm³/mol. The molecule has 1 amide bonds. The topological polar surface area (TPSA) is 84.9 Å². The van der Waals surface area contributed by atoms with E-state index >= 15 is 4.39 Å². The molecular formula is C24H29F2NO5. The van der Waals surface area contributed by atoms with Gasteiger partial charge < -0.3 is 19.9 Å². The Morgan fingerprint density at radius 3 is 2.31 bits per heavy atom. The number of phenols is 1. The Morgan fingerprint density at radius 2 is 1.75 bits per heavy atom. The predicted octanol–water partition coefficient (Wildman–Crippen LogP) is 5.47. The number of aromatic hydroxyl groups is 1. The van der Waals surface area contributed by atoms with Crippen LogP contribution in [0.4, 0.5) is 13.6 Å². The molecule has 0 bridgehead atoms. The van der Waals surface area contributed by atoms with Crippen molar-refractivity contribution >= 4 is 12.1 Å². The van der Waals surface area contributed by atoms with Crippen molar-refractivity contribution in [3.8, 4) is 16.9 Å². The van der Waals surface area contributed by atoms with Crippen molar-refractivity contribution in [1.82, 2.24) is 5.32 Å². The molecule has 0 aliphatic heterocycles. The van der Waals surface area contributed by atoms with Crippen LogP contribution in [0, 0.1) is 25.5 Å². The van der Waals surface area contributed by atoms with Crippen LogP contribution in [0.15, 0.2) is 24.3 Å². The summed E-state index contributed by atoms with van der Waals surface area (Å²) in [4.78, 5) is 24.6. The SMILES string of the molecule is CCOC(=O)C[C@H](NC(=O)OC(C)(C)C)c1cc(-c2c(C)cc(F)cc2O)cc(C)c1F. The second-order valence-electron chi connectivity index (χ2n) is 8.52. The normalized spacial score (nSPS) is 12.2. The number of alkyl carbamates (subject to hydrolysis) is 1. The summed E-state index contributed by atoms with van der Waals surface area (Å²) < 4.78 is 39.0. The van der Waals surface area contributed by atoms with Crippen molar-refractivity contribution in [3.05, 3.63) is 52.6 Å². The standard InChI is InChI=1S/C24H29F2NO5/c1-7-31-20(29)12-18(27-23(30)32-24(4,5)6)17-10-15(8-14(3)22(17)26)21-13(2)9-16(25)11-19(21)28/h8-11,18,28H,7,12H2,1-6H3,(H,27,30)/t18-/m0/s1. The second kappa shape index (κ2) is 9.97. The van der Waals surface area contributed by atoms with Crippen LogP contribution in [-0.4, -0.2) is 29.4 Å². The van der Waals surface area contributed by atoms with E-state index in [0.29, 0.717) is 16.7 Å². The Bertz CT molecular complexity index is 991. The lowest BCUT2D eigenvalue weighted by atomic mass is 9.92. The van der Waals surface area contributed by atoms with Gasteiger partial charge in [0, 0.05) is 17.2 Å². The summed E-state index contributed by atoms with van der Waals surface area (Å²) in [6, 6.07) is 4.06. The third-order valence-electron chi connectivity index (χ3n) is 4.59. The van der Waals surface area contributed by atoms with Gasteiger partial charge in [0.05, 0.1) is 19.1 Å². The fraction of sp³-hybridized carbons (Fsp3) is 0.417. The molecule has 0 fully saturated rings. The minimum absolute atomic E-state index is 0.0158. The summed E-state index contributed by atoms with van der Waals surface area (Å²) in [5, 5.41) is 12.8. The van der Waals surface area contributed by atoms with E-state index in [1.165, 1.54) is 25.1 Å². The smallest absolute Gasteiger partial charge is 0.408 e. The van der Waals surface area contributed by atoms with E-state index in [2.05, 4.69) is 5.32 Å². The van der Waals surface area contributed by atoms with Crippen LogP contribution < -0.4 is 5.32 Å². The van der Waals surface area contributed by atoms with E-state index in [0.717, 1.165) is 6.07 Å². The number of hydrogen-bond acceptors (Lipinski definition) is 5. The Balaban J connectivity index is 2.57. The third kappa shape index (κ3) is 6.42. The molecule has 0 saturated carbocycles. The van der Waals surface area contributed by atoms with Crippen molar-refractivity contribution in [3.63, 3.8) is 0 Å². The zero-order valence-electron chi connectivity index (χ0n) is 19.1. The number of carbonyl (C=O) groups excluding carboxylic acids is 2. The molecule has 0 aliphatic rings. The molecule has 2 aromatic carbocycles. The number of hydrogen-bond donors (Lipinski definition) is 2. The van der Waals surface area contributed by atoms with Crippen LogP contribution in [0.1, 0.15) is 56.8 Å². The number of carbonyl (C=O) groups is 2. The van der Waals surface area contributed by atoms with Crippen molar-refractivity contribution < 1.29 is 33.0 Å². The van der Waals surface area contributed by atoms with E-state index in [1.54, 1.807) is 34.6 Å². The van der Waals surface area contributed by atoms with Gasteiger partial charge in [-0.3, -0.25) is 4.79 Å². The number of amides is 1. The van der Waals surface area contributed by atoms with Gasteiger partial charge >= 0.3 is 12.1 Å². The first-order chi connectivity index (χ1) is 14.8. The second-order valence-corrected chi connectivity index (χ2v) is 8.52. The summed E-state index contributed by atoms with van der Waals surface area (Å²) in [5.74, 6) is -2.16. The molecule has 174 valence electrons. The molecule has 2 rings (SSSR count). The van der Waals surface area contributed by atoms with Crippen LogP contribution in [0.3, 0.4) is 0 Å². The first-order valence-electron chi connectivity index (χ1n) is 10.3. The van der Waals surface area contributed by atoms with Gasteiger partial charge in [-0.2, -0.15) is 0 Å². The highest BCUT2D eigenvalue weighted by atomic mass is 19.1. The molecule has 0 radical (unpaired) electrons. The number of rotatable bonds is 6. The monoisotopic (exact) mass is 449 g/mol. The Labute approximate surface area is 186 Å². The van der Waals surface area contributed by atoms with Gasteiger partial charge in [0.25, 0.3) is 0 Å². The summed E-state index contributed by atoms with van der Waals surface area (Å²) in [6.45, 7) is 9.94. The quantitative estimate of drug-likeness (QED) is 0.571. The number of esters is 1. The number of benzene rings is 2. The van der Waals surface area contributed by atoms with Crippen molar-refractivity contribution in [2.24, 2.45) is 0 Å². The fourth-order valence-corrected chi connectivity index (χ4v) is 3.37. The number of halogens is 2. The van der Waals surface area contributed by atoms with E-state index in [9.17, 15) is 19.1 Å². The molecule has 6 nitrogen and oxygen atoms in total. The third-order valence-corrected chi connectivity index (χ3v) is 4.59. The van der Waals surface area contributed by atoms with Crippen LogP contribution in [0.2, 0.25) is 0 Å². The molecule has 2 aromatic rings. The molecule has 1 atom stereocenters. The van der Waals surface area contributed by atoms with E-state index in [-0.39, 0.29) is 29.9 Å². The molecule has 0 saturated heterocycles. The first-order valence-corrected chi connectivity index (χ1v) is 10.3. The minimum atomic E-state index is -1.09. The van der Waals surface area contributed by atoms with Gasteiger partial charge in [-0.1, -0.05) is 0 Å². The van der Waals surface area contributed by atoms with Gasteiger partial charge in [0.2, 0.25) is 0 Å². The van der Waals surface area contributed by atoms with Crippen LogP contribution >= 0.6 is 0 Å². The number of nitrogens with one attached hydrogen (secondary N) is 1. The summed E-state index contributed by atoms with van der Waals surface area (Å²) in [7, 11) is 0. The maximum Gasteiger partial charge on any atom is 0.408 e. The van der Waals surface area contributed by atoms with Crippen molar-refractivity contribution in [2.45, 2.75) is 59.6 Å². The fourth-order valence-electron chi connectivity index (χ4n) is 3.37. The molecule has 8 heteroatoms. The van der Waals surface area contributed by atoms with Gasteiger partial charge in [0.1, 0.15) is 23.0 Å². The Kier molecular flexibility index (Phi) is 7.83. The van der Waals surface area contributed by atoms with Crippen LogP contribution in [0.25, 0.3) is 11.1 Å². The van der Waals surface area contributed by atoms with Crippen molar-refractivity contribution in [2.75, 3.05) is 6.61 Å². The minimum Gasteiger partial charge on any atom is -0.507 e. The molecule has 0 heterocycles. The van der Waals surface area contributed by atoms with E-state index in [4.69, 9.17) is 9.47 Å². The number of phenolic OH excluding ortho intramolecular Hbond substituents is 1. The average Bonchev–Trinajstić information content (AvgIpc) is 2.61. The maximum absolute atomic E-state index is 15.2. The number of ether oxygens (including phenoxy) is 2. The summed E-state index contributed by atoms with van der Waals surface area (Å²) in [5.41, 5.74) is 0.618.